The van der Waals surface area contributed by atoms with E-state index in [0.717, 1.165) is 11.0 Å². The number of hydrogen-bond donors (Lipinski definition) is 2. The smallest absolute Gasteiger partial charge is 0.328 e. The van der Waals surface area contributed by atoms with Crippen molar-refractivity contribution in [1.82, 2.24) is 14.5 Å². The predicted octanol–water partition coefficient (Wildman–Crippen LogP) is 1.10. The van der Waals surface area contributed by atoms with Crippen LogP contribution < -0.4 is 11.0 Å². The van der Waals surface area contributed by atoms with Crippen LogP contribution in [0.15, 0.2) is 29.1 Å². The summed E-state index contributed by atoms with van der Waals surface area (Å²) in [6.45, 7) is 2.07. The molecule has 1 aromatic heterocycles. The van der Waals surface area contributed by atoms with E-state index in [2.05, 4.69) is 5.32 Å². The number of para-hydroxylation sites is 2. The Morgan fingerprint density at radius 1 is 1.26 bits per heavy atom. The summed E-state index contributed by atoms with van der Waals surface area (Å²) in [6.07, 6.45) is 1.11. The maximum atomic E-state index is 12.2. The molecule has 1 aromatic carbocycles. The van der Waals surface area contributed by atoms with Gasteiger partial charge in [0, 0.05) is 20.0 Å². The van der Waals surface area contributed by atoms with Crippen LogP contribution in [-0.2, 0) is 23.2 Å². The van der Waals surface area contributed by atoms with E-state index in [1.54, 1.807) is 7.05 Å². The normalized spacial score (nSPS) is 12.3. The number of rotatable bonds is 7. The molecule has 23 heavy (non-hydrogen) atoms. The number of amides is 1. The highest BCUT2D eigenvalue weighted by molar-refractivity contribution is 5.83. The zero-order valence-corrected chi connectivity index (χ0v) is 13.3. The molecule has 1 heterocycles. The van der Waals surface area contributed by atoms with Gasteiger partial charge in [-0.3, -0.25) is 13.9 Å². The second-order valence-electron chi connectivity index (χ2n) is 5.48. The third kappa shape index (κ3) is 3.61. The molecule has 1 atom stereocenters. The first kappa shape index (κ1) is 16.8. The van der Waals surface area contributed by atoms with E-state index < -0.39 is 12.0 Å². The number of carboxylic acid groups (broad SMARTS) is 1. The van der Waals surface area contributed by atoms with Gasteiger partial charge < -0.3 is 10.4 Å². The molecule has 0 aliphatic rings. The van der Waals surface area contributed by atoms with E-state index in [1.165, 1.54) is 9.13 Å². The van der Waals surface area contributed by atoms with Gasteiger partial charge in [0.05, 0.1) is 11.0 Å². The number of carbonyl (C=O) groups excluding carboxylic acids is 1. The zero-order valence-electron chi connectivity index (χ0n) is 13.3. The molecular formula is C16H21N3O4. The number of aryl methyl sites for hydroxylation is 2. The Bertz CT molecular complexity index is 775. The predicted molar refractivity (Wildman–Crippen MR) is 86.3 cm³/mol. The minimum absolute atomic E-state index is 0.0570. The first-order chi connectivity index (χ1) is 11.0. The SMILES string of the molecule is CCCC(NC(=O)CCn1c(=O)n(C)c2ccccc21)C(=O)O. The van der Waals surface area contributed by atoms with Crippen molar-refractivity contribution in [3.8, 4) is 0 Å². The number of hydrogen-bond acceptors (Lipinski definition) is 3. The van der Waals surface area contributed by atoms with E-state index >= 15 is 0 Å². The van der Waals surface area contributed by atoms with Crippen LogP contribution in [0.3, 0.4) is 0 Å². The largest absolute Gasteiger partial charge is 0.480 e. The third-order valence-corrected chi connectivity index (χ3v) is 3.82. The summed E-state index contributed by atoms with van der Waals surface area (Å²) in [4.78, 5) is 35.3. The number of carboxylic acids is 1. The molecule has 7 nitrogen and oxygen atoms in total. The first-order valence-electron chi connectivity index (χ1n) is 7.62. The van der Waals surface area contributed by atoms with Crippen molar-refractivity contribution in [3.05, 3.63) is 34.7 Å². The summed E-state index contributed by atoms with van der Waals surface area (Å²) < 4.78 is 3.06. The lowest BCUT2D eigenvalue weighted by molar-refractivity contribution is -0.142. The Kier molecular flexibility index (Phi) is 5.20. The molecule has 2 N–H and O–H groups in total. The number of imidazole rings is 1. The van der Waals surface area contributed by atoms with Gasteiger partial charge in [-0.05, 0) is 18.6 Å². The maximum Gasteiger partial charge on any atom is 0.328 e. The second-order valence-corrected chi connectivity index (χ2v) is 5.48. The van der Waals surface area contributed by atoms with Gasteiger partial charge >= 0.3 is 11.7 Å². The molecule has 0 spiro atoms. The van der Waals surface area contributed by atoms with Gasteiger partial charge in [0.2, 0.25) is 5.91 Å². The number of benzene rings is 1. The van der Waals surface area contributed by atoms with Gasteiger partial charge in [0.25, 0.3) is 0 Å². The fourth-order valence-electron chi connectivity index (χ4n) is 2.61. The molecular weight excluding hydrogens is 298 g/mol. The van der Waals surface area contributed by atoms with E-state index in [-0.39, 0.29) is 24.6 Å². The fraction of sp³-hybridized carbons (Fsp3) is 0.438. The van der Waals surface area contributed by atoms with Crippen molar-refractivity contribution in [2.45, 2.75) is 38.8 Å². The number of carbonyl (C=O) groups is 2. The van der Waals surface area contributed by atoms with Crippen LogP contribution in [0.5, 0.6) is 0 Å². The lowest BCUT2D eigenvalue weighted by Crippen LogP contribution is -2.41. The Labute approximate surface area is 133 Å². The number of nitrogens with zero attached hydrogens (tertiary/aromatic N) is 2. The fourth-order valence-corrected chi connectivity index (χ4v) is 2.61. The van der Waals surface area contributed by atoms with Crippen molar-refractivity contribution >= 4 is 22.9 Å². The molecule has 0 bridgehead atoms. The minimum Gasteiger partial charge on any atom is -0.480 e. The number of aromatic nitrogens is 2. The van der Waals surface area contributed by atoms with Crippen molar-refractivity contribution in [3.63, 3.8) is 0 Å². The molecule has 0 aliphatic heterocycles. The van der Waals surface area contributed by atoms with Crippen molar-refractivity contribution < 1.29 is 14.7 Å². The van der Waals surface area contributed by atoms with Gasteiger partial charge in [-0.2, -0.15) is 0 Å². The standard InChI is InChI=1S/C16H21N3O4/c1-3-6-11(15(21)22)17-14(20)9-10-19-13-8-5-4-7-12(13)18(2)16(19)23/h4-5,7-8,11H,3,6,9-10H2,1-2H3,(H,17,20)(H,21,22). The summed E-state index contributed by atoms with van der Waals surface area (Å²) in [5.74, 6) is -1.41. The van der Waals surface area contributed by atoms with Crippen LogP contribution in [0.25, 0.3) is 11.0 Å². The van der Waals surface area contributed by atoms with Gasteiger partial charge in [0.15, 0.2) is 0 Å². The third-order valence-electron chi connectivity index (χ3n) is 3.82. The van der Waals surface area contributed by atoms with Crippen molar-refractivity contribution in [2.75, 3.05) is 0 Å². The zero-order chi connectivity index (χ0) is 17.0. The van der Waals surface area contributed by atoms with E-state index in [0.29, 0.717) is 12.8 Å². The molecule has 2 rings (SSSR count). The summed E-state index contributed by atoms with van der Waals surface area (Å²) in [5.41, 5.74) is 1.37. The lowest BCUT2D eigenvalue weighted by Gasteiger charge is -2.13. The van der Waals surface area contributed by atoms with Crippen LogP contribution in [0.1, 0.15) is 26.2 Å². The molecule has 0 fully saturated rings. The van der Waals surface area contributed by atoms with E-state index in [1.807, 2.05) is 31.2 Å². The molecule has 0 radical (unpaired) electrons. The molecule has 1 unspecified atom stereocenters. The number of fused-ring (bicyclic) bond motifs is 1. The van der Waals surface area contributed by atoms with Gasteiger partial charge in [-0.15, -0.1) is 0 Å². The summed E-state index contributed by atoms with van der Waals surface area (Å²) in [5, 5.41) is 11.6. The van der Waals surface area contributed by atoms with Crippen molar-refractivity contribution in [1.29, 1.82) is 0 Å². The average molecular weight is 319 g/mol. The monoisotopic (exact) mass is 319 g/mol. The number of aliphatic carboxylic acids is 1. The Morgan fingerprint density at radius 3 is 2.52 bits per heavy atom. The van der Waals surface area contributed by atoms with Crippen LogP contribution >= 0.6 is 0 Å². The molecule has 0 aliphatic carbocycles. The van der Waals surface area contributed by atoms with Gasteiger partial charge in [0.1, 0.15) is 6.04 Å². The molecule has 7 heteroatoms. The highest BCUT2D eigenvalue weighted by Gasteiger charge is 2.19. The average Bonchev–Trinajstić information content (AvgIpc) is 2.77. The van der Waals surface area contributed by atoms with Crippen LogP contribution in [0.2, 0.25) is 0 Å². The molecule has 0 saturated carbocycles. The second kappa shape index (κ2) is 7.13. The first-order valence-corrected chi connectivity index (χ1v) is 7.62. The Morgan fingerprint density at radius 2 is 1.91 bits per heavy atom. The lowest BCUT2D eigenvalue weighted by atomic mass is 10.1. The molecule has 1 amide bonds. The Balaban J connectivity index is 2.09. The van der Waals surface area contributed by atoms with Gasteiger partial charge in [-0.1, -0.05) is 25.5 Å². The highest BCUT2D eigenvalue weighted by Crippen LogP contribution is 2.11. The minimum atomic E-state index is -1.04. The quantitative estimate of drug-likeness (QED) is 0.799. The summed E-state index contributed by atoms with van der Waals surface area (Å²) in [7, 11) is 1.68. The summed E-state index contributed by atoms with van der Waals surface area (Å²) in [6, 6.07) is 6.47. The maximum absolute atomic E-state index is 12.2. The topological polar surface area (TPSA) is 93.3 Å². The summed E-state index contributed by atoms with van der Waals surface area (Å²) >= 11 is 0. The number of nitrogens with one attached hydrogen (secondary N) is 1. The Hall–Kier alpha value is -2.57. The molecule has 2 aromatic rings. The van der Waals surface area contributed by atoms with E-state index in [4.69, 9.17) is 5.11 Å². The van der Waals surface area contributed by atoms with Crippen LogP contribution in [0, 0.1) is 0 Å². The van der Waals surface area contributed by atoms with Crippen LogP contribution in [0.4, 0.5) is 0 Å². The van der Waals surface area contributed by atoms with E-state index in [9.17, 15) is 14.4 Å². The van der Waals surface area contributed by atoms with Crippen LogP contribution in [-0.4, -0.2) is 32.2 Å². The van der Waals surface area contributed by atoms with Gasteiger partial charge in [-0.25, -0.2) is 9.59 Å². The highest BCUT2D eigenvalue weighted by atomic mass is 16.4. The molecule has 124 valence electrons. The molecule has 0 saturated heterocycles. The van der Waals surface area contributed by atoms with Crippen molar-refractivity contribution in [2.24, 2.45) is 7.05 Å².